The van der Waals surface area contributed by atoms with Crippen molar-refractivity contribution >= 4 is 17.6 Å². The largest absolute Gasteiger partial charge is 0.480 e. The predicted octanol–water partition coefficient (Wildman–Crippen LogP) is 2.83. The van der Waals surface area contributed by atoms with Crippen LogP contribution < -0.4 is 0 Å². The van der Waals surface area contributed by atoms with Gasteiger partial charge in [-0.25, -0.2) is 4.79 Å². The van der Waals surface area contributed by atoms with Crippen LogP contribution in [0.25, 0.3) is 0 Å². The van der Waals surface area contributed by atoms with Crippen molar-refractivity contribution < 1.29 is 19.6 Å². The summed E-state index contributed by atoms with van der Waals surface area (Å²) in [5, 5.41) is 20.5. The van der Waals surface area contributed by atoms with Crippen LogP contribution in [0.1, 0.15) is 50.5 Å². The van der Waals surface area contributed by atoms with Gasteiger partial charge in [0.05, 0.1) is 4.92 Å². The highest BCUT2D eigenvalue weighted by Gasteiger charge is 2.36. The number of aliphatic carboxylic acids is 1. The van der Waals surface area contributed by atoms with Gasteiger partial charge in [0.2, 0.25) is 0 Å². The average Bonchev–Trinajstić information content (AvgIpc) is 2.43. The number of hydrogen-bond donors (Lipinski definition) is 1. The van der Waals surface area contributed by atoms with Gasteiger partial charge in [0.1, 0.15) is 5.54 Å². The summed E-state index contributed by atoms with van der Waals surface area (Å²) < 4.78 is 0. The number of rotatable bonds is 4. The van der Waals surface area contributed by atoms with Gasteiger partial charge in [-0.2, -0.15) is 0 Å². The lowest BCUT2D eigenvalue weighted by atomic mass is 9.85. The van der Waals surface area contributed by atoms with Gasteiger partial charge in [0.25, 0.3) is 11.6 Å². The maximum absolute atomic E-state index is 12.5. The first kappa shape index (κ1) is 18.6. The Morgan fingerprint density at radius 1 is 1.17 bits per heavy atom. The van der Waals surface area contributed by atoms with Crippen molar-refractivity contribution in [1.82, 2.24) is 4.90 Å². The number of carboxylic acids is 1. The van der Waals surface area contributed by atoms with Gasteiger partial charge in [0, 0.05) is 24.2 Å². The third kappa shape index (κ3) is 3.67. The molecule has 23 heavy (non-hydrogen) atoms. The zero-order valence-electron chi connectivity index (χ0n) is 14.2. The van der Waals surface area contributed by atoms with Crippen LogP contribution in [0.15, 0.2) is 18.2 Å². The molecule has 0 radical (unpaired) electrons. The van der Waals surface area contributed by atoms with Crippen LogP contribution >= 0.6 is 0 Å². The maximum atomic E-state index is 12.5. The van der Waals surface area contributed by atoms with Crippen LogP contribution in [-0.2, 0) is 10.2 Å². The Bertz CT molecular complexity index is 659. The molecular formula is C16H22N2O5. The molecule has 0 unspecified atom stereocenters. The van der Waals surface area contributed by atoms with Gasteiger partial charge >= 0.3 is 5.97 Å². The number of likely N-dealkylation sites (N-methyl/N-ethyl adjacent to an activating group) is 1. The standard InChI is InChI=1S/C16H22N2O5/c1-15(2,3)11-8-7-10(9-12(11)18(22)23)13(19)17(6)16(4,5)14(20)21/h7-9H,1-6H3,(H,20,21). The Morgan fingerprint density at radius 2 is 1.70 bits per heavy atom. The maximum Gasteiger partial charge on any atom is 0.329 e. The molecule has 0 atom stereocenters. The van der Waals surface area contributed by atoms with Crippen LogP contribution in [-0.4, -0.2) is 39.4 Å². The quantitative estimate of drug-likeness (QED) is 0.678. The first-order valence-corrected chi connectivity index (χ1v) is 7.10. The van der Waals surface area contributed by atoms with Gasteiger partial charge < -0.3 is 10.0 Å². The van der Waals surface area contributed by atoms with Gasteiger partial charge in [-0.15, -0.1) is 0 Å². The molecule has 0 bridgehead atoms. The van der Waals surface area contributed by atoms with Gasteiger partial charge in [-0.05, 0) is 25.3 Å². The van der Waals surface area contributed by atoms with E-state index in [2.05, 4.69) is 0 Å². The number of nitro benzene ring substituents is 1. The Kier molecular flexibility index (Phi) is 4.84. The molecule has 1 N–H and O–H groups in total. The number of nitrogens with zero attached hydrogens (tertiary/aromatic N) is 2. The minimum Gasteiger partial charge on any atom is -0.480 e. The normalized spacial score (nSPS) is 11.9. The average molecular weight is 322 g/mol. The molecule has 0 fully saturated rings. The second kappa shape index (κ2) is 5.98. The number of nitro groups is 1. The summed E-state index contributed by atoms with van der Waals surface area (Å²) in [5.74, 6) is -1.74. The molecular weight excluding hydrogens is 300 g/mol. The monoisotopic (exact) mass is 322 g/mol. The van der Waals surface area contributed by atoms with E-state index in [0.29, 0.717) is 5.56 Å². The summed E-state index contributed by atoms with van der Waals surface area (Å²) in [6.07, 6.45) is 0. The van der Waals surface area contributed by atoms with Crippen LogP contribution in [0.2, 0.25) is 0 Å². The van der Waals surface area contributed by atoms with Gasteiger partial charge in [0.15, 0.2) is 0 Å². The predicted molar refractivity (Wildman–Crippen MR) is 85.6 cm³/mol. The molecule has 1 aromatic carbocycles. The van der Waals surface area contributed by atoms with E-state index in [9.17, 15) is 24.8 Å². The number of hydrogen-bond acceptors (Lipinski definition) is 4. The van der Waals surface area contributed by atoms with E-state index in [4.69, 9.17) is 0 Å². The van der Waals surface area contributed by atoms with Crippen LogP contribution in [0.4, 0.5) is 5.69 Å². The van der Waals surface area contributed by atoms with E-state index in [1.54, 1.807) is 6.07 Å². The zero-order chi connectivity index (χ0) is 18.2. The van der Waals surface area contributed by atoms with Crippen molar-refractivity contribution in [2.24, 2.45) is 0 Å². The van der Waals surface area contributed by atoms with Crippen molar-refractivity contribution in [3.05, 3.63) is 39.4 Å². The summed E-state index contributed by atoms with van der Waals surface area (Å²) in [4.78, 5) is 35.6. The van der Waals surface area contributed by atoms with Gasteiger partial charge in [-0.3, -0.25) is 14.9 Å². The Hall–Kier alpha value is -2.44. The molecule has 0 aromatic heterocycles. The highest BCUT2D eigenvalue weighted by atomic mass is 16.6. The van der Waals surface area contributed by atoms with Crippen molar-refractivity contribution in [2.75, 3.05) is 7.05 Å². The Morgan fingerprint density at radius 3 is 2.09 bits per heavy atom. The molecule has 0 spiro atoms. The minimum absolute atomic E-state index is 0.0847. The molecule has 1 amide bonds. The molecule has 1 aromatic rings. The highest BCUT2D eigenvalue weighted by Crippen LogP contribution is 2.32. The van der Waals surface area contributed by atoms with Crippen LogP contribution in [0.5, 0.6) is 0 Å². The summed E-state index contributed by atoms with van der Waals surface area (Å²) in [6.45, 7) is 8.32. The molecule has 126 valence electrons. The van der Waals surface area contributed by atoms with E-state index in [0.717, 1.165) is 4.90 Å². The fraction of sp³-hybridized carbons (Fsp3) is 0.500. The zero-order valence-corrected chi connectivity index (χ0v) is 14.2. The second-order valence-corrected chi connectivity index (χ2v) is 6.97. The fourth-order valence-corrected chi connectivity index (χ4v) is 2.04. The van der Waals surface area contributed by atoms with E-state index in [-0.39, 0.29) is 11.3 Å². The Balaban J connectivity index is 3.36. The van der Waals surface area contributed by atoms with Gasteiger partial charge in [-0.1, -0.05) is 26.8 Å². The van der Waals surface area contributed by atoms with E-state index in [1.165, 1.54) is 33.0 Å². The number of carboxylic acid groups (broad SMARTS) is 1. The van der Waals surface area contributed by atoms with Crippen LogP contribution in [0, 0.1) is 10.1 Å². The summed E-state index contributed by atoms with van der Waals surface area (Å²) in [6, 6.07) is 4.24. The molecule has 0 saturated heterocycles. The number of carbonyl (C=O) groups is 2. The molecule has 7 heteroatoms. The summed E-state index contributed by atoms with van der Waals surface area (Å²) >= 11 is 0. The Labute approximate surface area is 135 Å². The molecule has 0 aliphatic carbocycles. The smallest absolute Gasteiger partial charge is 0.329 e. The van der Waals surface area contributed by atoms with Crippen molar-refractivity contribution in [3.8, 4) is 0 Å². The molecule has 0 aliphatic heterocycles. The third-order valence-corrected chi connectivity index (χ3v) is 3.92. The van der Waals surface area contributed by atoms with Crippen molar-refractivity contribution in [2.45, 2.75) is 45.6 Å². The third-order valence-electron chi connectivity index (χ3n) is 3.92. The second-order valence-electron chi connectivity index (χ2n) is 6.97. The van der Waals surface area contributed by atoms with E-state index < -0.39 is 27.8 Å². The first-order chi connectivity index (χ1) is 10.3. The lowest BCUT2D eigenvalue weighted by molar-refractivity contribution is -0.386. The molecule has 0 saturated carbocycles. The molecule has 1 rings (SSSR count). The van der Waals surface area contributed by atoms with E-state index in [1.807, 2.05) is 20.8 Å². The minimum atomic E-state index is -1.42. The highest BCUT2D eigenvalue weighted by molar-refractivity contribution is 5.98. The van der Waals surface area contributed by atoms with Crippen molar-refractivity contribution in [3.63, 3.8) is 0 Å². The lowest BCUT2D eigenvalue weighted by Crippen LogP contribution is -2.50. The number of amides is 1. The molecule has 7 nitrogen and oxygen atoms in total. The summed E-state index contributed by atoms with van der Waals surface area (Å²) in [5.41, 5.74) is -1.42. The molecule has 0 heterocycles. The fourth-order valence-electron chi connectivity index (χ4n) is 2.04. The van der Waals surface area contributed by atoms with E-state index >= 15 is 0 Å². The first-order valence-electron chi connectivity index (χ1n) is 7.10. The van der Waals surface area contributed by atoms with Crippen molar-refractivity contribution in [1.29, 1.82) is 0 Å². The van der Waals surface area contributed by atoms with Crippen LogP contribution in [0.3, 0.4) is 0 Å². The number of benzene rings is 1. The lowest BCUT2D eigenvalue weighted by Gasteiger charge is -2.31. The number of carbonyl (C=O) groups excluding carboxylic acids is 1. The summed E-state index contributed by atoms with van der Waals surface area (Å²) in [7, 11) is 1.36. The topological polar surface area (TPSA) is 101 Å². The SMILES string of the molecule is CN(C(=O)c1ccc(C(C)(C)C)c([N+](=O)[O-])c1)C(C)(C)C(=O)O. The molecule has 0 aliphatic rings.